The molecule has 1 fully saturated rings. The van der Waals surface area contributed by atoms with Crippen LogP contribution >= 0.6 is 11.3 Å². The van der Waals surface area contributed by atoms with Gasteiger partial charge in [0.2, 0.25) is 0 Å². The third-order valence-corrected chi connectivity index (χ3v) is 5.19. The second-order valence-electron chi connectivity index (χ2n) is 5.39. The van der Waals surface area contributed by atoms with Crippen molar-refractivity contribution in [3.8, 4) is 0 Å². The summed E-state index contributed by atoms with van der Waals surface area (Å²) in [4.78, 5) is 13.8. The van der Waals surface area contributed by atoms with Crippen LogP contribution in [0.5, 0.6) is 0 Å². The second-order valence-corrected chi connectivity index (χ2v) is 6.59. The van der Waals surface area contributed by atoms with Gasteiger partial charge in [0, 0.05) is 18.0 Å². The SMILES string of the molecule is CCNCC1COCCN1c1ncnc2sc(C)c(C)c12. The Labute approximate surface area is 129 Å². The van der Waals surface area contributed by atoms with Crippen LogP contribution < -0.4 is 10.2 Å². The summed E-state index contributed by atoms with van der Waals surface area (Å²) in [5.41, 5.74) is 1.30. The first-order valence-electron chi connectivity index (χ1n) is 7.48. The molecule has 1 aliphatic rings. The summed E-state index contributed by atoms with van der Waals surface area (Å²) in [5, 5.41) is 4.63. The van der Waals surface area contributed by atoms with Crippen molar-refractivity contribution in [1.82, 2.24) is 15.3 Å². The third kappa shape index (κ3) is 2.75. The van der Waals surface area contributed by atoms with E-state index in [4.69, 9.17) is 4.74 Å². The number of likely N-dealkylation sites (N-methyl/N-ethyl adjacent to an activating group) is 1. The number of aryl methyl sites for hydroxylation is 2. The first kappa shape index (κ1) is 14.7. The molecular weight excluding hydrogens is 284 g/mol. The molecule has 1 atom stereocenters. The van der Waals surface area contributed by atoms with Gasteiger partial charge in [-0.1, -0.05) is 6.92 Å². The average molecular weight is 306 g/mol. The smallest absolute Gasteiger partial charge is 0.141 e. The van der Waals surface area contributed by atoms with Crippen molar-refractivity contribution in [2.45, 2.75) is 26.8 Å². The summed E-state index contributed by atoms with van der Waals surface area (Å²) in [6, 6.07) is 0.330. The number of ether oxygens (including phenoxy) is 1. The number of thiophene rings is 1. The van der Waals surface area contributed by atoms with Crippen LogP contribution in [0.15, 0.2) is 6.33 Å². The molecule has 1 unspecified atom stereocenters. The summed E-state index contributed by atoms with van der Waals surface area (Å²) >= 11 is 1.75. The molecule has 3 rings (SSSR count). The third-order valence-electron chi connectivity index (χ3n) is 4.07. The number of hydrogen-bond acceptors (Lipinski definition) is 6. The molecule has 114 valence electrons. The molecule has 0 amide bonds. The van der Waals surface area contributed by atoms with E-state index in [1.54, 1.807) is 17.7 Å². The Bertz CT molecular complexity index is 627. The van der Waals surface area contributed by atoms with E-state index >= 15 is 0 Å². The molecule has 0 aromatic carbocycles. The highest BCUT2D eigenvalue weighted by atomic mass is 32.1. The van der Waals surface area contributed by atoms with Gasteiger partial charge in [-0.15, -0.1) is 11.3 Å². The maximum Gasteiger partial charge on any atom is 0.141 e. The molecule has 0 radical (unpaired) electrons. The molecule has 1 N–H and O–H groups in total. The fraction of sp³-hybridized carbons (Fsp3) is 0.600. The van der Waals surface area contributed by atoms with Gasteiger partial charge in [0.15, 0.2) is 0 Å². The summed E-state index contributed by atoms with van der Waals surface area (Å²) in [6.07, 6.45) is 1.69. The fourth-order valence-electron chi connectivity index (χ4n) is 2.80. The van der Waals surface area contributed by atoms with Crippen LogP contribution in [0, 0.1) is 13.8 Å². The number of hydrogen-bond donors (Lipinski definition) is 1. The monoisotopic (exact) mass is 306 g/mol. The van der Waals surface area contributed by atoms with Crippen molar-refractivity contribution in [3.63, 3.8) is 0 Å². The highest BCUT2D eigenvalue weighted by Crippen LogP contribution is 2.35. The van der Waals surface area contributed by atoms with Gasteiger partial charge >= 0.3 is 0 Å². The molecule has 0 aliphatic carbocycles. The zero-order chi connectivity index (χ0) is 14.8. The Morgan fingerprint density at radius 1 is 1.43 bits per heavy atom. The normalized spacial score (nSPS) is 19.4. The number of morpholine rings is 1. The first-order chi connectivity index (χ1) is 10.2. The predicted molar refractivity (Wildman–Crippen MR) is 87.4 cm³/mol. The Hall–Kier alpha value is -1.24. The first-order valence-corrected chi connectivity index (χ1v) is 8.29. The Balaban J connectivity index is 2.01. The molecule has 2 aromatic heterocycles. The molecule has 3 heterocycles. The topological polar surface area (TPSA) is 50.3 Å². The Kier molecular flexibility index (Phi) is 4.37. The van der Waals surface area contributed by atoms with Crippen molar-refractivity contribution in [2.75, 3.05) is 37.7 Å². The van der Waals surface area contributed by atoms with Crippen molar-refractivity contribution in [1.29, 1.82) is 0 Å². The van der Waals surface area contributed by atoms with Crippen LogP contribution in [0.25, 0.3) is 10.2 Å². The summed E-state index contributed by atoms with van der Waals surface area (Å²) in [7, 11) is 0. The maximum absolute atomic E-state index is 5.66. The number of rotatable bonds is 4. The van der Waals surface area contributed by atoms with Crippen LogP contribution in [-0.4, -0.2) is 48.9 Å². The lowest BCUT2D eigenvalue weighted by molar-refractivity contribution is 0.0936. The van der Waals surface area contributed by atoms with E-state index in [0.29, 0.717) is 6.04 Å². The maximum atomic E-state index is 5.66. The molecule has 2 aromatic rings. The van der Waals surface area contributed by atoms with Crippen LogP contribution in [0.4, 0.5) is 5.82 Å². The molecule has 21 heavy (non-hydrogen) atoms. The lowest BCUT2D eigenvalue weighted by Crippen LogP contribution is -2.51. The van der Waals surface area contributed by atoms with Gasteiger partial charge in [-0.3, -0.25) is 0 Å². The van der Waals surface area contributed by atoms with Gasteiger partial charge < -0.3 is 15.0 Å². The van der Waals surface area contributed by atoms with Gasteiger partial charge in [0.1, 0.15) is 17.0 Å². The van der Waals surface area contributed by atoms with E-state index < -0.39 is 0 Å². The lowest BCUT2D eigenvalue weighted by Gasteiger charge is -2.37. The van der Waals surface area contributed by atoms with E-state index in [9.17, 15) is 0 Å². The van der Waals surface area contributed by atoms with Crippen molar-refractivity contribution in [3.05, 3.63) is 16.8 Å². The molecule has 6 heteroatoms. The van der Waals surface area contributed by atoms with Crippen molar-refractivity contribution >= 4 is 27.4 Å². The second kappa shape index (κ2) is 6.25. The minimum atomic E-state index is 0.330. The summed E-state index contributed by atoms with van der Waals surface area (Å²) in [6.45, 7) is 10.7. The number of fused-ring (bicyclic) bond motifs is 1. The zero-order valence-corrected chi connectivity index (χ0v) is 13.7. The Morgan fingerprint density at radius 3 is 3.10 bits per heavy atom. The van der Waals surface area contributed by atoms with Crippen molar-refractivity contribution in [2.24, 2.45) is 0 Å². The quantitative estimate of drug-likeness (QED) is 0.938. The molecule has 0 saturated carbocycles. The largest absolute Gasteiger partial charge is 0.377 e. The number of nitrogens with zero attached hydrogens (tertiary/aromatic N) is 3. The number of nitrogens with one attached hydrogen (secondary N) is 1. The zero-order valence-electron chi connectivity index (χ0n) is 12.8. The van der Waals surface area contributed by atoms with Gasteiger partial charge in [-0.25, -0.2) is 9.97 Å². The van der Waals surface area contributed by atoms with Crippen LogP contribution in [0.1, 0.15) is 17.4 Å². The highest BCUT2D eigenvalue weighted by Gasteiger charge is 2.26. The molecule has 0 bridgehead atoms. The van der Waals surface area contributed by atoms with E-state index in [1.807, 2.05) is 0 Å². The fourth-order valence-corrected chi connectivity index (χ4v) is 3.79. The standard InChI is InChI=1S/C15H22N4OS/c1-4-16-7-12-8-20-6-5-19(12)14-13-10(2)11(3)21-15(13)18-9-17-14/h9,12,16H,4-8H2,1-3H3. The average Bonchev–Trinajstić information content (AvgIpc) is 2.80. The van der Waals surface area contributed by atoms with Crippen LogP contribution in [0.2, 0.25) is 0 Å². The number of anilines is 1. The summed E-state index contributed by atoms with van der Waals surface area (Å²) < 4.78 is 5.66. The lowest BCUT2D eigenvalue weighted by atomic mass is 10.1. The molecule has 0 spiro atoms. The van der Waals surface area contributed by atoms with E-state index in [2.05, 4.69) is 41.0 Å². The molecule has 1 aliphatic heterocycles. The number of aromatic nitrogens is 2. The Morgan fingerprint density at radius 2 is 2.29 bits per heavy atom. The van der Waals surface area contributed by atoms with E-state index in [0.717, 1.165) is 43.5 Å². The van der Waals surface area contributed by atoms with Crippen LogP contribution in [-0.2, 0) is 4.74 Å². The predicted octanol–water partition coefficient (Wildman–Crippen LogP) is 2.12. The van der Waals surface area contributed by atoms with Gasteiger partial charge in [-0.05, 0) is 26.0 Å². The van der Waals surface area contributed by atoms with Gasteiger partial charge in [0.05, 0.1) is 24.6 Å². The highest BCUT2D eigenvalue weighted by molar-refractivity contribution is 7.18. The van der Waals surface area contributed by atoms with E-state index in [-0.39, 0.29) is 0 Å². The molecule has 5 nitrogen and oxygen atoms in total. The summed E-state index contributed by atoms with van der Waals surface area (Å²) in [5.74, 6) is 1.06. The van der Waals surface area contributed by atoms with E-state index in [1.165, 1.54) is 15.8 Å². The minimum absolute atomic E-state index is 0.330. The molecule has 1 saturated heterocycles. The van der Waals surface area contributed by atoms with Crippen molar-refractivity contribution < 1.29 is 4.74 Å². The van der Waals surface area contributed by atoms with Gasteiger partial charge in [-0.2, -0.15) is 0 Å². The molecular formula is C15H22N4OS. The van der Waals surface area contributed by atoms with Crippen LogP contribution in [0.3, 0.4) is 0 Å². The minimum Gasteiger partial charge on any atom is -0.377 e. The van der Waals surface area contributed by atoms with Gasteiger partial charge in [0.25, 0.3) is 0 Å².